The van der Waals surface area contributed by atoms with E-state index in [1.807, 2.05) is 24.4 Å². The van der Waals surface area contributed by atoms with Gasteiger partial charge in [-0.1, -0.05) is 12.1 Å². The fourth-order valence-electron chi connectivity index (χ4n) is 2.86. The number of hydrogen-bond donors (Lipinski definition) is 2. The van der Waals surface area contributed by atoms with Crippen molar-refractivity contribution >= 4 is 5.91 Å². The van der Waals surface area contributed by atoms with Gasteiger partial charge in [-0.05, 0) is 60.1 Å². The lowest BCUT2D eigenvalue weighted by molar-refractivity contribution is 0.0706. The van der Waals surface area contributed by atoms with Crippen LogP contribution in [0.2, 0.25) is 0 Å². The fourth-order valence-corrected chi connectivity index (χ4v) is 2.86. The van der Waals surface area contributed by atoms with Crippen LogP contribution in [0.3, 0.4) is 0 Å². The molecule has 0 saturated heterocycles. The maximum atomic E-state index is 11.5. The molecule has 1 aromatic heterocycles. The molecule has 4 heteroatoms. The largest absolute Gasteiger partial charge is 0.288 e. The molecular formula is C16H16N2O2. The van der Waals surface area contributed by atoms with Gasteiger partial charge in [0.05, 0.1) is 0 Å². The third kappa shape index (κ3) is 2.42. The third-order valence-corrected chi connectivity index (χ3v) is 3.95. The highest BCUT2D eigenvalue weighted by atomic mass is 16.5. The van der Waals surface area contributed by atoms with Crippen molar-refractivity contribution in [1.82, 2.24) is 10.5 Å². The van der Waals surface area contributed by atoms with Gasteiger partial charge in [-0.2, -0.15) is 0 Å². The molecule has 0 aliphatic heterocycles. The quantitative estimate of drug-likeness (QED) is 0.649. The lowest BCUT2D eigenvalue weighted by Gasteiger charge is -2.25. The Bertz CT molecular complexity index is 626. The second kappa shape index (κ2) is 5.43. The number of benzene rings is 1. The minimum atomic E-state index is -0.462. The van der Waals surface area contributed by atoms with E-state index in [2.05, 4.69) is 11.1 Å². The Hall–Kier alpha value is -2.20. The maximum absolute atomic E-state index is 11.5. The molecule has 102 valence electrons. The average molecular weight is 268 g/mol. The van der Waals surface area contributed by atoms with Gasteiger partial charge in [0, 0.05) is 18.0 Å². The van der Waals surface area contributed by atoms with Crippen LogP contribution in [0.15, 0.2) is 42.7 Å². The summed E-state index contributed by atoms with van der Waals surface area (Å²) >= 11 is 0. The number of amides is 1. The van der Waals surface area contributed by atoms with Gasteiger partial charge in [-0.25, -0.2) is 5.48 Å². The van der Waals surface area contributed by atoms with Crippen molar-refractivity contribution in [3.05, 3.63) is 65.0 Å². The lowest BCUT2D eigenvalue weighted by atomic mass is 9.80. The molecule has 0 radical (unpaired) electrons. The zero-order chi connectivity index (χ0) is 13.9. The van der Waals surface area contributed by atoms with Crippen LogP contribution >= 0.6 is 0 Å². The van der Waals surface area contributed by atoms with Gasteiger partial charge in [0.2, 0.25) is 0 Å². The Balaban J connectivity index is 1.88. The maximum Gasteiger partial charge on any atom is 0.274 e. The van der Waals surface area contributed by atoms with Gasteiger partial charge in [-0.15, -0.1) is 0 Å². The van der Waals surface area contributed by atoms with Crippen molar-refractivity contribution in [2.75, 3.05) is 0 Å². The molecule has 0 bridgehead atoms. The molecule has 2 N–H and O–H groups in total. The molecule has 4 nitrogen and oxygen atoms in total. The topological polar surface area (TPSA) is 62.2 Å². The van der Waals surface area contributed by atoms with Crippen LogP contribution in [0.5, 0.6) is 0 Å². The lowest BCUT2D eigenvalue weighted by Crippen LogP contribution is -2.20. The Morgan fingerprint density at radius 3 is 2.95 bits per heavy atom. The van der Waals surface area contributed by atoms with Crippen molar-refractivity contribution in [1.29, 1.82) is 0 Å². The Morgan fingerprint density at radius 2 is 2.20 bits per heavy atom. The van der Waals surface area contributed by atoms with Gasteiger partial charge in [-0.3, -0.25) is 15.0 Å². The summed E-state index contributed by atoms with van der Waals surface area (Å²) in [6.45, 7) is 0. The summed E-state index contributed by atoms with van der Waals surface area (Å²) in [5, 5.41) is 8.71. The Labute approximate surface area is 117 Å². The molecule has 1 aliphatic rings. The first-order valence-corrected chi connectivity index (χ1v) is 6.74. The van der Waals surface area contributed by atoms with E-state index in [1.165, 1.54) is 16.7 Å². The number of aromatic nitrogens is 1. The summed E-state index contributed by atoms with van der Waals surface area (Å²) in [7, 11) is 0. The number of hydrogen-bond acceptors (Lipinski definition) is 3. The number of pyridine rings is 1. The normalized spacial score (nSPS) is 17.4. The summed E-state index contributed by atoms with van der Waals surface area (Å²) < 4.78 is 0. The zero-order valence-electron chi connectivity index (χ0n) is 11.0. The number of nitrogens with zero attached hydrogens (tertiary/aromatic N) is 1. The summed E-state index contributed by atoms with van der Waals surface area (Å²) in [4.78, 5) is 15.7. The molecule has 1 heterocycles. The average Bonchev–Trinajstić information content (AvgIpc) is 2.54. The number of carbonyl (C=O) groups is 1. The smallest absolute Gasteiger partial charge is 0.274 e. The molecule has 20 heavy (non-hydrogen) atoms. The summed E-state index contributed by atoms with van der Waals surface area (Å²) in [6.07, 6.45) is 6.72. The van der Waals surface area contributed by atoms with Crippen LogP contribution in [-0.4, -0.2) is 16.1 Å². The molecule has 1 unspecified atom stereocenters. The fraction of sp³-hybridized carbons (Fsp3) is 0.250. The summed E-state index contributed by atoms with van der Waals surface area (Å²) in [5.41, 5.74) is 5.90. The van der Waals surface area contributed by atoms with Gasteiger partial charge < -0.3 is 0 Å². The number of nitrogens with one attached hydrogen (secondary N) is 1. The predicted octanol–water partition coefficient (Wildman–Crippen LogP) is 2.47. The van der Waals surface area contributed by atoms with E-state index in [0.717, 1.165) is 19.3 Å². The van der Waals surface area contributed by atoms with Gasteiger partial charge in [0.25, 0.3) is 5.91 Å². The minimum absolute atomic E-state index is 0.448. The second-order valence-corrected chi connectivity index (χ2v) is 5.15. The molecule has 1 amide bonds. The van der Waals surface area contributed by atoms with Crippen LogP contribution < -0.4 is 5.48 Å². The molecule has 2 aromatic rings. The molecule has 0 fully saturated rings. The first kappa shape index (κ1) is 12.8. The molecule has 0 spiro atoms. The molecule has 1 aromatic carbocycles. The number of rotatable bonds is 2. The van der Waals surface area contributed by atoms with Gasteiger partial charge >= 0.3 is 0 Å². The summed E-state index contributed by atoms with van der Waals surface area (Å²) in [5.74, 6) is -0.0139. The third-order valence-electron chi connectivity index (χ3n) is 3.95. The van der Waals surface area contributed by atoms with E-state index >= 15 is 0 Å². The molecular weight excluding hydrogens is 252 g/mol. The zero-order valence-corrected chi connectivity index (χ0v) is 11.0. The van der Waals surface area contributed by atoms with Crippen LogP contribution in [0.4, 0.5) is 0 Å². The Kier molecular flexibility index (Phi) is 3.48. The van der Waals surface area contributed by atoms with Crippen molar-refractivity contribution < 1.29 is 10.0 Å². The van der Waals surface area contributed by atoms with E-state index in [-0.39, 0.29) is 0 Å². The van der Waals surface area contributed by atoms with Crippen LogP contribution in [0.1, 0.15) is 39.4 Å². The van der Waals surface area contributed by atoms with Crippen LogP contribution in [0.25, 0.3) is 0 Å². The van der Waals surface area contributed by atoms with E-state index in [4.69, 9.17) is 5.21 Å². The highest BCUT2D eigenvalue weighted by Gasteiger charge is 2.21. The second-order valence-electron chi connectivity index (χ2n) is 5.15. The van der Waals surface area contributed by atoms with E-state index in [9.17, 15) is 4.79 Å². The van der Waals surface area contributed by atoms with Crippen molar-refractivity contribution in [3.63, 3.8) is 0 Å². The first-order chi connectivity index (χ1) is 9.78. The monoisotopic (exact) mass is 268 g/mol. The molecule has 3 rings (SSSR count). The van der Waals surface area contributed by atoms with E-state index < -0.39 is 5.91 Å². The van der Waals surface area contributed by atoms with E-state index in [0.29, 0.717) is 11.5 Å². The summed E-state index contributed by atoms with van der Waals surface area (Å²) in [6, 6.07) is 9.69. The van der Waals surface area contributed by atoms with E-state index in [1.54, 1.807) is 17.7 Å². The number of aryl methyl sites for hydroxylation is 1. The highest BCUT2D eigenvalue weighted by Crippen LogP contribution is 2.32. The first-order valence-electron chi connectivity index (χ1n) is 6.74. The van der Waals surface area contributed by atoms with Crippen LogP contribution in [-0.2, 0) is 12.8 Å². The van der Waals surface area contributed by atoms with Gasteiger partial charge in [0.1, 0.15) is 0 Å². The highest BCUT2D eigenvalue weighted by molar-refractivity contribution is 5.93. The standard InChI is InChI=1S/C16H16N2O2/c19-16(18-20)13-6-4-11-3-5-12(8-15(11)9-13)14-2-1-7-17-10-14/h1-2,4,6-7,9-10,12,20H,3,5,8H2,(H,18,19). The minimum Gasteiger partial charge on any atom is -0.288 e. The van der Waals surface area contributed by atoms with Gasteiger partial charge in [0.15, 0.2) is 0 Å². The molecule has 1 atom stereocenters. The van der Waals surface area contributed by atoms with Crippen molar-refractivity contribution in [2.24, 2.45) is 0 Å². The number of hydroxylamine groups is 1. The molecule has 1 aliphatic carbocycles. The molecule has 0 saturated carbocycles. The SMILES string of the molecule is O=C(NO)c1ccc2c(c1)CC(c1cccnc1)CC2. The number of fused-ring (bicyclic) bond motifs is 1. The van der Waals surface area contributed by atoms with Crippen molar-refractivity contribution in [2.45, 2.75) is 25.2 Å². The van der Waals surface area contributed by atoms with Crippen LogP contribution in [0, 0.1) is 0 Å². The predicted molar refractivity (Wildman–Crippen MR) is 74.7 cm³/mol. The Morgan fingerprint density at radius 1 is 1.30 bits per heavy atom. The number of carbonyl (C=O) groups excluding carboxylic acids is 1. The van der Waals surface area contributed by atoms with Crippen molar-refractivity contribution in [3.8, 4) is 0 Å².